The molecule has 1 aliphatic rings. The monoisotopic (exact) mass is 251 g/mol. The Morgan fingerprint density at radius 1 is 1.41 bits per heavy atom. The summed E-state index contributed by atoms with van der Waals surface area (Å²) in [6, 6.07) is 5.09. The Labute approximate surface area is 110 Å². The van der Waals surface area contributed by atoms with E-state index in [1.165, 1.54) is 30.6 Å². The van der Waals surface area contributed by atoms with Crippen LogP contribution >= 0.6 is 11.3 Å². The van der Waals surface area contributed by atoms with Crippen molar-refractivity contribution in [2.75, 3.05) is 6.54 Å². The van der Waals surface area contributed by atoms with Crippen molar-refractivity contribution in [1.29, 1.82) is 0 Å². The van der Waals surface area contributed by atoms with Gasteiger partial charge in [0.1, 0.15) is 0 Å². The molecule has 1 N–H and O–H groups in total. The third-order valence-electron chi connectivity index (χ3n) is 4.16. The van der Waals surface area contributed by atoms with Crippen molar-refractivity contribution in [3.63, 3.8) is 0 Å². The van der Waals surface area contributed by atoms with Crippen LogP contribution in [-0.4, -0.2) is 12.6 Å². The molecule has 1 aromatic rings. The molecule has 1 saturated carbocycles. The number of hydrogen-bond donors (Lipinski definition) is 1. The van der Waals surface area contributed by atoms with E-state index in [9.17, 15) is 0 Å². The van der Waals surface area contributed by atoms with E-state index in [2.05, 4.69) is 43.6 Å². The number of hydrogen-bond acceptors (Lipinski definition) is 2. The van der Waals surface area contributed by atoms with Crippen LogP contribution in [-0.2, 0) is 5.41 Å². The topological polar surface area (TPSA) is 12.0 Å². The van der Waals surface area contributed by atoms with E-state index in [1.54, 1.807) is 0 Å². The zero-order valence-electron chi connectivity index (χ0n) is 11.3. The fourth-order valence-electron chi connectivity index (χ4n) is 2.79. The largest absolute Gasteiger partial charge is 0.313 e. The van der Waals surface area contributed by atoms with Gasteiger partial charge in [-0.2, -0.15) is 0 Å². The van der Waals surface area contributed by atoms with E-state index in [0.717, 1.165) is 12.5 Å². The third kappa shape index (κ3) is 3.32. The van der Waals surface area contributed by atoms with Crippen LogP contribution in [0.3, 0.4) is 0 Å². The standard InChI is InChI=1S/C15H25NS/c1-12(13-7-4-5-8-13)16-11-15(2,3)14-9-6-10-17-14/h6,9-10,12-13,16H,4-5,7-8,11H2,1-3H3. The van der Waals surface area contributed by atoms with E-state index in [-0.39, 0.29) is 5.41 Å². The Morgan fingerprint density at radius 3 is 2.71 bits per heavy atom. The Balaban J connectivity index is 1.84. The maximum Gasteiger partial charge on any atom is 0.0115 e. The van der Waals surface area contributed by atoms with Gasteiger partial charge in [0.25, 0.3) is 0 Å². The molecule has 1 nitrogen and oxygen atoms in total. The van der Waals surface area contributed by atoms with Crippen molar-refractivity contribution in [3.05, 3.63) is 22.4 Å². The lowest BCUT2D eigenvalue weighted by Crippen LogP contribution is -2.40. The van der Waals surface area contributed by atoms with Gasteiger partial charge in [0.05, 0.1) is 0 Å². The number of rotatable bonds is 5. The van der Waals surface area contributed by atoms with Gasteiger partial charge in [0, 0.05) is 22.9 Å². The van der Waals surface area contributed by atoms with E-state index in [4.69, 9.17) is 0 Å². The maximum absolute atomic E-state index is 3.76. The Kier molecular flexibility index (Phi) is 4.26. The highest BCUT2D eigenvalue weighted by Crippen LogP contribution is 2.30. The second kappa shape index (κ2) is 5.53. The van der Waals surface area contributed by atoms with Gasteiger partial charge >= 0.3 is 0 Å². The molecule has 1 atom stereocenters. The Morgan fingerprint density at radius 2 is 2.12 bits per heavy atom. The lowest BCUT2D eigenvalue weighted by molar-refractivity contribution is 0.348. The van der Waals surface area contributed by atoms with Crippen LogP contribution in [0.15, 0.2) is 17.5 Å². The molecular formula is C15H25NS. The zero-order valence-corrected chi connectivity index (χ0v) is 12.1. The summed E-state index contributed by atoms with van der Waals surface area (Å²) < 4.78 is 0. The first-order valence-electron chi connectivity index (χ1n) is 6.87. The molecule has 96 valence electrons. The zero-order chi connectivity index (χ0) is 12.3. The molecular weight excluding hydrogens is 226 g/mol. The fraction of sp³-hybridized carbons (Fsp3) is 0.733. The van der Waals surface area contributed by atoms with Crippen LogP contribution in [0.5, 0.6) is 0 Å². The number of thiophene rings is 1. The van der Waals surface area contributed by atoms with E-state index < -0.39 is 0 Å². The molecule has 1 aromatic heterocycles. The highest BCUT2D eigenvalue weighted by molar-refractivity contribution is 7.10. The van der Waals surface area contributed by atoms with Crippen molar-refractivity contribution in [3.8, 4) is 0 Å². The van der Waals surface area contributed by atoms with Crippen LogP contribution in [0.4, 0.5) is 0 Å². The summed E-state index contributed by atoms with van der Waals surface area (Å²) >= 11 is 1.87. The van der Waals surface area contributed by atoms with Crippen molar-refractivity contribution < 1.29 is 0 Å². The highest BCUT2D eigenvalue weighted by atomic mass is 32.1. The van der Waals surface area contributed by atoms with Gasteiger partial charge < -0.3 is 5.32 Å². The van der Waals surface area contributed by atoms with E-state index >= 15 is 0 Å². The van der Waals surface area contributed by atoms with Crippen LogP contribution in [0.1, 0.15) is 51.3 Å². The molecule has 0 bridgehead atoms. The molecule has 17 heavy (non-hydrogen) atoms. The lowest BCUT2D eigenvalue weighted by atomic mass is 9.90. The van der Waals surface area contributed by atoms with Gasteiger partial charge in [0.2, 0.25) is 0 Å². The third-order valence-corrected chi connectivity index (χ3v) is 5.40. The van der Waals surface area contributed by atoms with E-state index in [0.29, 0.717) is 6.04 Å². The van der Waals surface area contributed by atoms with Gasteiger partial charge in [-0.15, -0.1) is 11.3 Å². The minimum absolute atomic E-state index is 0.265. The first kappa shape index (κ1) is 13.1. The summed E-state index contributed by atoms with van der Waals surface area (Å²) in [5, 5.41) is 5.94. The van der Waals surface area contributed by atoms with Crippen molar-refractivity contribution in [1.82, 2.24) is 5.32 Å². The molecule has 1 heterocycles. The van der Waals surface area contributed by atoms with Gasteiger partial charge in [0.15, 0.2) is 0 Å². The molecule has 2 heteroatoms. The average molecular weight is 251 g/mol. The minimum Gasteiger partial charge on any atom is -0.313 e. The second-order valence-corrected chi connectivity index (χ2v) is 7.02. The van der Waals surface area contributed by atoms with Crippen LogP contribution in [0.2, 0.25) is 0 Å². The normalized spacial score (nSPS) is 19.7. The van der Waals surface area contributed by atoms with Gasteiger partial charge in [-0.3, -0.25) is 0 Å². The summed E-state index contributed by atoms with van der Waals surface area (Å²) in [6.07, 6.45) is 5.72. The highest BCUT2D eigenvalue weighted by Gasteiger charge is 2.25. The summed E-state index contributed by atoms with van der Waals surface area (Å²) in [7, 11) is 0. The fourth-order valence-corrected chi connectivity index (χ4v) is 3.64. The summed E-state index contributed by atoms with van der Waals surface area (Å²) in [4.78, 5) is 1.49. The smallest absolute Gasteiger partial charge is 0.0115 e. The SMILES string of the molecule is CC(NCC(C)(C)c1cccs1)C1CCCC1. The Hall–Kier alpha value is -0.340. The molecule has 0 saturated heterocycles. The molecule has 1 unspecified atom stereocenters. The predicted molar refractivity (Wildman–Crippen MR) is 76.8 cm³/mol. The first-order chi connectivity index (χ1) is 8.09. The summed E-state index contributed by atoms with van der Waals surface area (Å²) in [5.74, 6) is 0.911. The lowest BCUT2D eigenvalue weighted by Gasteiger charge is -2.28. The average Bonchev–Trinajstić information content (AvgIpc) is 2.97. The quantitative estimate of drug-likeness (QED) is 0.827. The predicted octanol–water partition coefficient (Wildman–Crippen LogP) is 4.19. The van der Waals surface area contributed by atoms with Gasteiger partial charge in [-0.1, -0.05) is 32.8 Å². The van der Waals surface area contributed by atoms with Crippen LogP contribution in [0.25, 0.3) is 0 Å². The van der Waals surface area contributed by atoms with Crippen molar-refractivity contribution in [2.45, 2.75) is 57.9 Å². The molecule has 0 aromatic carbocycles. The molecule has 2 rings (SSSR count). The van der Waals surface area contributed by atoms with Crippen LogP contribution in [0, 0.1) is 5.92 Å². The maximum atomic E-state index is 3.76. The molecule has 0 amide bonds. The summed E-state index contributed by atoms with van der Waals surface area (Å²) in [5.41, 5.74) is 0.265. The van der Waals surface area contributed by atoms with E-state index in [1.807, 2.05) is 11.3 Å². The summed E-state index contributed by atoms with van der Waals surface area (Å²) in [6.45, 7) is 8.13. The van der Waals surface area contributed by atoms with Crippen molar-refractivity contribution in [2.24, 2.45) is 5.92 Å². The molecule has 1 aliphatic carbocycles. The molecule has 0 spiro atoms. The Bertz CT molecular complexity index is 323. The molecule has 1 fully saturated rings. The second-order valence-electron chi connectivity index (χ2n) is 6.08. The molecule has 0 aliphatic heterocycles. The number of nitrogens with one attached hydrogen (secondary N) is 1. The van der Waals surface area contributed by atoms with Gasteiger partial charge in [-0.25, -0.2) is 0 Å². The minimum atomic E-state index is 0.265. The first-order valence-corrected chi connectivity index (χ1v) is 7.75. The molecule has 0 radical (unpaired) electrons. The van der Waals surface area contributed by atoms with Crippen LogP contribution < -0.4 is 5.32 Å². The van der Waals surface area contributed by atoms with Gasteiger partial charge in [-0.05, 0) is 37.1 Å². The van der Waals surface area contributed by atoms with Crippen molar-refractivity contribution >= 4 is 11.3 Å².